The molecule has 1 N–H and O–H groups in total. The van der Waals surface area contributed by atoms with Crippen molar-refractivity contribution in [1.29, 1.82) is 0 Å². The van der Waals surface area contributed by atoms with Gasteiger partial charge in [-0.15, -0.1) is 0 Å². The second-order valence-electron chi connectivity index (χ2n) is 3.42. The molecule has 1 atom stereocenters. The fourth-order valence-corrected chi connectivity index (χ4v) is 1.59. The molecule has 3 nitrogen and oxygen atoms in total. The molecule has 0 amide bonds. The molecule has 0 aliphatic carbocycles. The summed E-state index contributed by atoms with van der Waals surface area (Å²) in [6.45, 7) is 10.2. The fraction of sp³-hybridized carbons (Fsp3) is 0.500. The highest BCUT2D eigenvalue weighted by Crippen LogP contribution is 2.24. The molecule has 0 aromatic carbocycles. The molecule has 0 unspecified atom stereocenters. The topological polar surface area (TPSA) is 40.5 Å². The number of likely N-dealkylation sites (tertiary alicyclic amines) is 1. The number of carboxylic acid groups (broad SMARTS) is 1. The first-order valence-electron chi connectivity index (χ1n) is 4.38. The molecule has 1 aliphatic rings. The van der Waals surface area contributed by atoms with Crippen molar-refractivity contribution >= 4 is 5.97 Å². The molecule has 72 valence electrons. The van der Waals surface area contributed by atoms with Gasteiger partial charge >= 0.3 is 5.97 Å². The molecule has 1 saturated heterocycles. The number of hydrogen-bond acceptors (Lipinski definition) is 2. The summed E-state index contributed by atoms with van der Waals surface area (Å²) in [6, 6.07) is -0.399. The van der Waals surface area contributed by atoms with Crippen LogP contribution in [0.25, 0.3) is 0 Å². The van der Waals surface area contributed by atoms with Crippen LogP contribution < -0.4 is 0 Å². The summed E-state index contributed by atoms with van der Waals surface area (Å²) in [5.41, 5.74) is 1.60. The summed E-state index contributed by atoms with van der Waals surface area (Å²) in [4.78, 5) is 12.7. The lowest BCUT2D eigenvalue weighted by atomic mass is 10.2. The van der Waals surface area contributed by atoms with Gasteiger partial charge in [0.25, 0.3) is 0 Å². The van der Waals surface area contributed by atoms with E-state index in [1.54, 1.807) is 0 Å². The number of nitrogens with zero attached hydrogens (tertiary/aromatic N) is 1. The van der Waals surface area contributed by atoms with Crippen molar-refractivity contribution in [3.63, 3.8) is 0 Å². The van der Waals surface area contributed by atoms with Gasteiger partial charge in [0, 0.05) is 12.2 Å². The van der Waals surface area contributed by atoms with Gasteiger partial charge in [0.1, 0.15) is 6.04 Å². The average Bonchev–Trinajstić information content (AvgIpc) is 2.50. The molecule has 0 aromatic heterocycles. The number of rotatable bonds is 3. The number of allylic oxidation sites excluding steroid dienone is 1. The second kappa shape index (κ2) is 3.64. The van der Waals surface area contributed by atoms with E-state index in [0.29, 0.717) is 6.42 Å². The van der Waals surface area contributed by atoms with E-state index in [1.165, 1.54) is 0 Å². The Morgan fingerprint density at radius 1 is 1.54 bits per heavy atom. The fourth-order valence-electron chi connectivity index (χ4n) is 1.59. The van der Waals surface area contributed by atoms with Crippen LogP contribution in [-0.4, -0.2) is 28.6 Å². The van der Waals surface area contributed by atoms with Crippen LogP contribution in [-0.2, 0) is 4.79 Å². The van der Waals surface area contributed by atoms with E-state index in [9.17, 15) is 4.79 Å². The predicted molar refractivity (Wildman–Crippen MR) is 51.3 cm³/mol. The van der Waals surface area contributed by atoms with Crippen LogP contribution in [0.2, 0.25) is 0 Å². The zero-order chi connectivity index (χ0) is 10.0. The van der Waals surface area contributed by atoms with Gasteiger partial charge in [0.2, 0.25) is 0 Å². The maximum absolute atomic E-state index is 10.8. The van der Waals surface area contributed by atoms with Gasteiger partial charge in [-0.1, -0.05) is 13.2 Å². The lowest BCUT2D eigenvalue weighted by molar-refractivity contribution is -0.141. The molecule has 13 heavy (non-hydrogen) atoms. The van der Waals surface area contributed by atoms with Gasteiger partial charge in [-0.2, -0.15) is 0 Å². The van der Waals surface area contributed by atoms with Crippen molar-refractivity contribution in [2.45, 2.75) is 25.8 Å². The quantitative estimate of drug-likeness (QED) is 0.673. The maximum Gasteiger partial charge on any atom is 0.326 e. The van der Waals surface area contributed by atoms with Crippen molar-refractivity contribution in [3.05, 3.63) is 24.4 Å². The standard InChI is InChI=1S/C10H15NO2/c1-7(2)8(3)11-6-4-5-9(11)10(12)13/h9H,1,3-6H2,2H3,(H,12,13)/t9-/m0/s1. The monoisotopic (exact) mass is 181 g/mol. The van der Waals surface area contributed by atoms with E-state index in [-0.39, 0.29) is 0 Å². The summed E-state index contributed by atoms with van der Waals surface area (Å²) in [6.07, 6.45) is 1.63. The first-order chi connectivity index (χ1) is 6.04. The van der Waals surface area contributed by atoms with Crippen LogP contribution in [0.5, 0.6) is 0 Å². The second-order valence-corrected chi connectivity index (χ2v) is 3.42. The number of carboxylic acids is 1. The highest BCUT2D eigenvalue weighted by Gasteiger charge is 2.31. The normalized spacial score (nSPS) is 21.6. The van der Waals surface area contributed by atoms with E-state index in [4.69, 9.17) is 5.11 Å². The number of carbonyl (C=O) groups is 1. The third-order valence-electron chi connectivity index (χ3n) is 2.38. The molecule has 3 heteroatoms. The largest absolute Gasteiger partial charge is 0.480 e. The van der Waals surface area contributed by atoms with Crippen molar-refractivity contribution in [3.8, 4) is 0 Å². The SMILES string of the molecule is C=C(C)C(=C)N1CCC[C@H]1C(=O)O. The van der Waals surface area contributed by atoms with Crippen molar-refractivity contribution in [2.75, 3.05) is 6.54 Å². The first-order valence-corrected chi connectivity index (χ1v) is 4.38. The Bertz CT molecular complexity index is 258. The zero-order valence-corrected chi connectivity index (χ0v) is 7.92. The van der Waals surface area contributed by atoms with E-state index in [0.717, 1.165) is 24.2 Å². The van der Waals surface area contributed by atoms with Crippen LogP contribution in [0.4, 0.5) is 0 Å². The minimum absolute atomic E-state index is 0.399. The summed E-state index contributed by atoms with van der Waals surface area (Å²) in [5, 5.41) is 8.90. The van der Waals surface area contributed by atoms with Crippen LogP contribution in [0.1, 0.15) is 19.8 Å². The predicted octanol–water partition coefficient (Wildman–Crippen LogP) is 1.63. The number of aliphatic carboxylic acids is 1. The highest BCUT2D eigenvalue weighted by molar-refractivity contribution is 5.74. The lowest BCUT2D eigenvalue weighted by Crippen LogP contribution is -2.35. The molecular formula is C10H15NO2. The van der Waals surface area contributed by atoms with Gasteiger partial charge in [-0.3, -0.25) is 0 Å². The summed E-state index contributed by atoms with van der Waals surface area (Å²) in [7, 11) is 0. The molecule has 0 radical (unpaired) electrons. The van der Waals surface area contributed by atoms with Crippen LogP contribution in [0.3, 0.4) is 0 Å². The molecule has 0 spiro atoms. The highest BCUT2D eigenvalue weighted by atomic mass is 16.4. The smallest absolute Gasteiger partial charge is 0.326 e. The van der Waals surface area contributed by atoms with Crippen LogP contribution in [0, 0.1) is 0 Å². The Labute approximate surface area is 78.4 Å². The Hall–Kier alpha value is -1.25. The molecular weight excluding hydrogens is 166 g/mol. The maximum atomic E-state index is 10.8. The molecule has 0 aromatic rings. The van der Waals surface area contributed by atoms with Gasteiger partial charge in [-0.05, 0) is 25.3 Å². The summed E-state index contributed by atoms with van der Waals surface area (Å²) >= 11 is 0. The van der Waals surface area contributed by atoms with Crippen LogP contribution >= 0.6 is 0 Å². The number of hydrogen-bond donors (Lipinski definition) is 1. The van der Waals surface area contributed by atoms with E-state index in [2.05, 4.69) is 13.2 Å². The average molecular weight is 181 g/mol. The Morgan fingerprint density at radius 2 is 2.15 bits per heavy atom. The Morgan fingerprint density at radius 3 is 2.62 bits per heavy atom. The van der Waals surface area contributed by atoms with Crippen LogP contribution in [0.15, 0.2) is 24.4 Å². The molecule has 1 rings (SSSR count). The lowest BCUT2D eigenvalue weighted by Gasteiger charge is -2.25. The zero-order valence-electron chi connectivity index (χ0n) is 7.92. The van der Waals surface area contributed by atoms with Gasteiger partial charge in [0.05, 0.1) is 0 Å². The van der Waals surface area contributed by atoms with E-state index < -0.39 is 12.0 Å². The molecule has 1 fully saturated rings. The minimum Gasteiger partial charge on any atom is -0.480 e. The third-order valence-corrected chi connectivity index (χ3v) is 2.38. The van der Waals surface area contributed by atoms with Gasteiger partial charge in [0.15, 0.2) is 0 Å². The summed E-state index contributed by atoms with van der Waals surface area (Å²) in [5.74, 6) is -0.764. The van der Waals surface area contributed by atoms with E-state index in [1.807, 2.05) is 11.8 Å². The minimum atomic E-state index is -0.764. The van der Waals surface area contributed by atoms with Crippen molar-refractivity contribution in [1.82, 2.24) is 4.90 Å². The molecule has 0 bridgehead atoms. The molecule has 0 saturated carbocycles. The van der Waals surface area contributed by atoms with Crippen molar-refractivity contribution in [2.24, 2.45) is 0 Å². The molecule has 1 heterocycles. The summed E-state index contributed by atoms with van der Waals surface area (Å²) < 4.78 is 0. The van der Waals surface area contributed by atoms with Crippen molar-refractivity contribution < 1.29 is 9.90 Å². The molecule has 1 aliphatic heterocycles. The third kappa shape index (κ3) is 1.91. The Kier molecular flexibility index (Phi) is 2.76. The van der Waals surface area contributed by atoms with Gasteiger partial charge < -0.3 is 10.0 Å². The Balaban J connectivity index is 2.74. The first kappa shape index (κ1) is 9.84. The van der Waals surface area contributed by atoms with E-state index >= 15 is 0 Å². The van der Waals surface area contributed by atoms with Gasteiger partial charge in [-0.25, -0.2) is 4.79 Å².